The van der Waals surface area contributed by atoms with Crippen LogP contribution in [0.15, 0.2) is 37.1 Å². The third-order valence-corrected chi connectivity index (χ3v) is 5.33. The molecule has 1 aliphatic heterocycles. The number of carbonyl (C=O) groups excluding carboxylic acids is 1. The van der Waals surface area contributed by atoms with Gasteiger partial charge in [-0.15, -0.1) is 4.80 Å². The molecule has 164 valence electrons. The Balaban J connectivity index is 1.37. The summed E-state index contributed by atoms with van der Waals surface area (Å²) in [5.41, 5.74) is 2.10. The topological polar surface area (TPSA) is 127 Å². The van der Waals surface area contributed by atoms with E-state index in [0.717, 1.165) is 0 Å². The molecule has 1 aliphatic rings. The molecule has 0 bridgehead atoms. The second-order valence-corrected chi connectivity index (χ2v) is 7.72. The maximum absolute atomic E-state index is 12.7. The summed E-state index contributed by atoms with van der Waals surface area (Å²) in [7, 11) is 1.66. The number of fused-ring (bicyclic) bond motifs is 1. The third-order valence-electron chi connectivity index (χ3n) is 4.87. The van der Waals surface area contributed by atoms with Crippen molar-refractivity contribution in [1.29, 1.82) is 0 Å². The van der Waals surface area contributed by atoms with Crippen molar-refractivity contribution in [2.45, 2.75) is 6.10 Å². The molecule has 4 aromatic heterocycles. The SMILES string of the molecule is COC1CN(c2c(NC(=O)Nc3cnc(-n4nccn4)c(Cl)c3)cnn3cc(Cl)nc23)C1. The van der Waals surface area contributed by atoms with Crippen molar-refractivity contribution in [2.24, 2.45) is 0 Å². The molecule has 4 aromatic rings. The molecule has 12 nitrogen and oxygen atoms in total. The van der Waals surface area contributed by atoms with E-state index < -0.39 is 6.03 Å². The van der Waals surface area contributed by atoms with Crippen LogP contribution in [-0.4, -0.2) is 66.9 Å². The molecule has 2 N–H and O–H groups in total. The van der Waals surface area contributed by atoms with Crippen LogP contribution in [-0.2, 0) is 4.74 Å². The van der Waals surface area contributed by atoms with Gasteiger partial charge in [-0.3, -0.25) is 0 Å². The summed E-state index contributed by atoms with van der Waals surface area (Å²) >= 11 is 12.3. The summed E-state index contributed by atoms with van der Waals surface area (Å²) in [6, 6.07) is 1.06. The Kier molecular flexibility index (Phi) is 5.25. The lowest BCUT2D eigenvalue weighted by Crippen LogP contribution is -2.52. The van der Waals surface area contributed by atoms with Crippen molar-refractivity contribution in [1.82, 2.24) is 34.6 Å². The molecule has 1 fully saturated rings. The monoisotopic (exact) mass is 474 g/mol. The van der Waals surface area contributed by atoms with Crippen molar-refractivity contribution >= 4 is 51.9 Å². The normalized spacial score (nSPS) is 13.9. The van der Waals surface area contributed by atoms with E-state index in [0.29, 0.717) is 46.8 Å². The fourth-order valence-corrected chi connectivity index (χ4v) is 3.74. The summed E-state index contributed by atoms with van der Waals surface area (Å²) in [4.78, 5) is 24.6. The van der Waals surface area contributed by atoms with E-state index in [1.807, 2.05) is 4.90 Å². The second kappa shape index (κ2) is 8.22. The number of amides is 2. The molecule has 32 heavy (non-hydrogen) atoms. The van der Waals surface area contributed by atoms with Crippen LogP contribution >= 0.6 is 23.2 Å². The average molecular weight is 475 g/mol. The van der Waals surface area contributed by atoms with Crippen molar-refractivity contribution < 1.29 is 9.53 Å². The van der Waals surface area contributed by atoms with Crippen molar-refractivity contribution in [2.75, 3.05) is 35.7 Å². The van der Waals surface area contributed by atoms with E-state index >= 15 is 0 Å². The summed E-state index contributed by atoms with van der Waals surface area (Å²) in [5.74, 6) is 0.348. The number of imidazole rings is 1. The minimum atomic E-state index is -0.498. The minimum absolute atomic E-state index is 0.103. The lowest BCUT2D eigenvalue weighted by atomic mass is 10.1. The summed E-state index contributed by atoms with van der Waals surface area (Å²) < 4.78 is 6.92. The van der Waals surface area contributed by atoms with Crippen LogP contribution in [0.4, 0.5) is 21.9 Å². The smallest absolute Gasteiger partial charge is 0.323 e. The molecule has 0 atom stereocenters. The molecule has 5 heterocycles. The van der Waals surface area contributed by atoms with Gasteiger partial charge in [0.05, 0.1) is 53.5 Å². The largest absolute Gasteiger partial charge is 0.378 e. The number of hydrogen-bond acceptors (Lipinski definition) is 8. The number of pyridine rings is 1. The van der Waals surface area contributed by atoms with E-state index in [2.05, 4.69) is 35.9 Å². The molecule has 0 aromatic carbocycles. The number of ether oxygens (including phenoxy) is 1. The highest BCUT2D eigenvalue weighted by molar-refractivity contribution is 6.32. The van der Waals surface area contributed by atoms with Crippen LogP contribution < -0.4 is 15.5 Å². The number of rotatable bonds is 5. The van der Waals surface area contributed by atoms with Crippen LogP contribution in [0.25, 0.3) is 11.5 Å². The van der Waals surface area contributed by atoms with Gasteiger partial charge in [0.25, 0.3) is 0 Å². The van der Waals surface area contributed by atoms with Crippen LogP contribution in [0.3, 0.4) is 0 Å². The van der Waals surface area contributed by atoms with Crippen molar-refractivity contribution in [3.63, 3.8) is 0 Å². The predicted octanol–water partition coefficient (Wildman–Crippen LogP) is 2.49. The Hall–Kier alpha value is -3.48. The lowest BCUT2D eigenvalue weighted by Gasteiger charge is -2.40. The van der Waals surface area contributed by atoms with Gasteiger partial charge in [0.2, 0.25) is 0 Å². The first kappa shape index (κ1) is 20.4. The molecule has 5 rings (SSSR count). The Morgan fingerprint density at radius 2 is 1.94 bits per heavy atom. The highest BCUT2D eigenvalue weighted by Gasteiger charge is 2.31. The number of urea groups is 1. The van der Waals surface area contributed by atoms with Crippen molar-refractivity contribution in [3.05, 3.63) is 47.2 Å². The molecule has 0 spiro atoms. The molecule has 0 radical (unpaired) electrons. The van der Waals surface area contributed by atoms with Crippen LogP contribution in [0.5, 0.6) is 0 Å². The Labute approximate surface area is 191 Å². The molecule has 0 unspecified atom stereocenters. The van der Waals surface area contributed by atoms with Gasteiger partial charge in [0.1, 0.15) is 10.8 Å². The lowest BCUT2D eigenvalue weighted by molar-refractivity contribution is 0.0789. The molecular formula is C18H16Cl2N10O2. The number of aromatic nitrogens is 7. The quantitative estimate of drug-likeness (QED) is 0.451. The van der Waals surface area contributed by atoms with Gasteiger partial charge >= 0.3 is 6.03 Å². The highest BCUT2D eigenvalue weighted by atomic mass is 35.5. The number of nitrogens with zero attached hydrogens (tertiary/aromatic N) is 8. The Morgan fingerprint density at radius 1 is 1.16 bits per heavy atom. The molecule has 1 saturated heterocycles. The number of halogens is 2. The van der Waals surface area contributed by atoms with Crippen LogP contribution in [0, 0.1) is 0 Å². The number of methoxy groups -OCH3 is 1. The van der Waals surface area contributed by atoms with Gasteiger partial charge in [-0.05, 0) is 6.07 Å². The zero-order valence-corrected chi connectivity index (χ0v) is 18.1. The van der Waals surface area contributed by atoms with Gasteiger partial charge in [0.15, 0.2) is 11.5 Å². The van der Waals surface area contributed by atoms with E-state index in [9.17, 15) is 4.79 Å². The fourth-order valence-electron chi connectivity index (χ4n) is 3.32. The fraction of sp³-hybridized carbons (Fsp3) is 0.222. The van der Waals surface area contributed by atoms with E-state index in [4.69, 9.17) is 27.9 Å². The van der Waals surface area contributed by atoms with Crippen molar-refractivity contribution in [3.8, 4) is 5.82 Å². The molecule has 2 amide bonds. The number of nitrogens with one attached hydrogen (secondary N) is 2. The zero-order valence-electron chi connectivity index (χ0n) is 16.6. The standard InChI is InChI=1S/C18H16Cl2N10O2/c1-32-11-7-28(8-11)15-13(6-24-29-9-14(20)27-17(15)29)26-18(31)25-10-4-12(19)16(21-5-10)30-22-2-3-23-30/h2-6,9,11H,7-8H2,1H3,(H2,25,26,31). The molecule has 0 aliphatic carbocycles. The number of carbonyl (C=O) groups is 1. The highest BCUT2D eigenvalue weighted by Crippen LogP contribution is 2.34. The van der Waals surface area contributed by atoms with E-state index in [-0.39, 0.29) is 11.1 Å². The first-order valence-corrected chi connectivity index (χ1v) is 10.2. The first-order valence-electron chi connectivity index (χ1n) is 9.43. The van der Waals surface area contributed by atoms with E-state index in [1.54, 1.807) is 23.9 Å². The van der Waals surface area contributed by atoms with Gasteiger partial charge in [-0.25, -0.2) is 19.3 Å². The van der Waals surface area contributed by atoms with E-state index in [1.165, 1.54) is 29.6 Å². The molecule has 14 heteroatoms. The maximum Gasteiger partial charge on any atom is 0.323 e. The zero-order chi connectivity index (χ0) is 22.2. The van der Waals surface area contributed by atoms with Crippen LogP contribution in [0.2, 0.25) is 10.2 Å². The van der Waals surface area contributed by atoms with Gasteiger partial charge in [0, 0.05) is 20.2 Å². The second-order valence-electron chi connectivity index (χ2n) is 6.93. The first-order chi connectivity index (χ1) is 15.5. The summed E-state index contributed by atoms with van der Waals surface area (Å²) in [5, 5.41) is 18.4. The predicted molar refractivity (Wildman–Crippen MR) is 118 cm³/mol. The van der Waals surface area contributed by atoms with Gasteiger partial charge < -0.3 is 20.3 Å². The summed E-state index contributed by atoms with van der Waals surface area (Å²) in [6.07, 6.45) is 7.73. The summed E-state index contributed by atoms with van der Waals surface area (Å²) in [6.45, 7) is 1.30. The number of hydrogen-bond donors (Lipinski definition) is 2. The Bertz CT molecular complexity index is 1290. The number of anilines is 3. The molecule has 0 saturated carbocycles. The third kappa shape index (κ3) is 3.79. The average Bonchev–Trinajstić information content (AvgIpc) is 3.37. The Morgan fingerprint density at radius 3 is 2.66 bits per heavy atom. The maximum atomic E-state index is 12.7. The van der Waals surface area contributed by atoms with Crippen LogP contribution in [0.1, 0.15) is 0 Å². The van der Waals surface area contributed by atoms with Gasteiger partial charge in [-0.2, -0.15) is 15.3 Å². The minimum Gasteiger partial charge on any atom is -0.378 e. The van der Waals surface area contributed by atoms with Gasteiger partial charge in [-0.1, -0.05) is 23.2 Å². The molecular weight excluding hydrogens is 459 g/mol.